The van der Waals surface area contributed by atoms with Gasteiger partial charge in [0, 0.05) is 0 Å². The third-order valence-electron chi connectivity index (χ3n) is 3.26. The number of rotatable bonds is 6. The van der Waals surface area contributed by atoms with Gasteiger partial charge < -0.3 is 19.5 Å². The van der Waals surface area contributed by atoms with Crippen LogP contribution in [-0.2, 0) is 11.3 Å². The molecule has 0 aliphatic rings. The number of methoxy groups -OCH3 is 3. The second kappa shape index (κ2) is 7.51. The number of ether oxygens (including phenoxy) is 3. The molecule has 2 aromatic rings. The van der Waals surface area contributed by atoms with Crippen LogP contribution in [0.3, 0.4) is 0 Å². The summed E-state index contributed by atoms with van der Waals surface area (Å²) in [5.74, 6) is -0.920. The molecule has 0 bridgehead atoms. The van der Waals surface area contributed by atoms with Crippen molar-refractivity contribution in [2.24, 2.45) is 0 Å². The maximum absolute atomic E-state index is 13.3. The summed E-state index contributed by atoms with van der Waals surface area (Å²) < 4.78 is 29.5. The van der Waals surface area contributed by atoms with Crippen molar-refractivity contribution in [3.8, 4) is 17.2 Å². The smallest absolute Gasteiger partial charge is 0.328 e. The molecule has 1 aromatic carbocycles. The number of nitrogens with zero attached hydrogens (tertiary/aromatic N) is 1. The minimum atomic E-state index is -1.17. The van der Waals surface area contributed by atoms with E-state index in [-0.39, 0.29) is 17.2 Å². The highest BCUT2D eigenvalue weighted by Gasteiger charge is 2.18. The predicted octanol–water partition coefficient (Wildman–Crippen LogP) is 0.340. The van der Waals surface area contributed by atoms with Crippen molar-refractivity contribution in [3.05, 3.63) is 45.0 Å². The SMILES string of the molecule is COc1ccc(NC(=O)Cn2cc(F)c(=O)[nH]c2=O)c(OC)c1OC. The van der Waals surface area contributed by atoms with Gasteiger partial charge in [0.25, 0.3) is 5.56 Å². The Kier molecular flexibility index (Phi) is 5.42. The maximum Gasteiger partial charge on any atom is 0.328 e. The van der Waals surface area contributed by atoms with Crippen molar-refractivity contribution >= 4 is 11.6 Å². The standard InChI is InChI=1S/C15H16FN3O6/c1-23-10-5-4-9(12(24-2)13(10)25-3)17-11(20)7-19-6-8(16)14(21)18-15(19)22/h4-6H,7H2,1-3H3,(H,17,20)(H,18,21,22). The van der Waals surface area contributed by atoms with Crippen molar-refractivity contribution in [3.63, 3.8) is 0 Å². The molecule has 9 nitrogen and oxygen atoms in total. The first kappa shape index (κ1) is 18.0. The highest BCUT2D eigenvalue weighted by molar-refractivity contribution is 5.93. The van der Waals surface area contributed by atoms with Gasteiger partial charge in [0.05, 0.1) is 33.2 Å². The van der Waals surface area contributed by atoms with E-state index in [0.29, 0.717) is 11.9 Å². The normalized spacial score (nSPS) is 10.2. The number of nitrogens with one attached hydrogen (secondary N) is 2. The van der Waals surface area contributed by atoms with E-state index in [1.165, 1.54) is 27.4 Å². The maximum atomic E-state index is 13.3. The monoisotopic (exact) mass is 353 g/mol. The molecule has 0 saturated carbocycles. The van der Waals surface area contributed by atoms with E-state index in [9.17, 15) is 18.8 Å². The topological polar surface area (TPSA) is 112 Å². The molecule has 1 heterocycles. The Bertz CT molecular complexity index is 905. The molecule has 0 radical (unpaired) electrons. The van der Waals surface area contributed by atoms with Gasteiger partial charge in [0.15, 0.2) is 11.5 Å². The predicted molar refractivity (Wildman–Crippen MR) is 86.0 cm³/mol. The summed E-state index contributed by atoms with van der Waals surface area (Å²) in [4.78, 5) is 36.5. The molecular formula is C15H16FN3O6. The summed E-state index contributed by atoms with van der Waals surface area (Å²) in [6, 6.07) is 3.08. The second-order valence-electron chi connectivity index (χ2n) is 4.79. The molecule has 0 spiro atoms. The van der Waals surface area contributed by atoms with E-state index in [1.54, 1.807) is 11.1 Å². The third kappa shape index (κ3) is 3.79. The Morgan fingerprint density at radius 2 is 1.84 bits per heavy atom. The number of amides is 1. The van der Waals surface area contributed by atoms with Crippen molar-refractivity contribution in [1.82, 2.24) is 9.55 Å². The minimum Gasteiger partial charge on any atom is -0.493 e. The van der Waals surface area contributed by atoms with Gasteiger partial charge in [0.2, 0.25) is 17.5 Å². The molecule has 2 rings (SSSR count). The molecule has 2 N–H and O–H groups in total. The van der Waals surface area contributed by atoms with Crippen LogP contribution in [0.4, 0.5) is 10.1 Å². The summed E-state index contributed by atoms with van der Waals surface area (Å²) in [5, 5.41) is 2.52. The molecule has 25 heavy (non-hydrogen) atoms. The molecule has 1 aromatic heterocycles. The van der Waals surface area contributed by atoms with Crippen LogP contribution in [0.5, 0.6) is 17.2 Å². The van der Waals surface area contributed by atoms with Crippen LogP contribution in [-0.4, -0.2) is 36.8 Å². The zero-order chi connectivity index (χ0) is 18.6. The summed E-state index contributed by atoms with van der Waals surface area (Å²) in [5.41, 5.74) is -1.79. The fraction of sp³-hybridized carbons (Fsp3) is 0.267. The Morgan fingerprint density at radius 3 is 2.44 bits per heavy atom. The van der Waals surface area contributed by atoms with Gasteiger partial charge in [-0.3, -0.25) is 19.1 Å². The van der Waals surface area contributed by atoms with E-state index < -0.39 is 29.5 Å². The lowest BCUT2D eigenvalue weighted by Crippen LogP contribution is -2.34. The highest BCUT2D eigenvalue weighted by Crippen LogP contribution is 2.42. The first-order chi connectivity index (χ1) is 11.9. The molecule has 0 aliphatic heterocycles. The Hall–Kier alpha value is -3.30. The van der Waals surface area contributed by atoms with Crippen LogP contribution in [0.2, 0.25) is 0 Å². The molecular weight excluding hydrogens is 337 g/mol. The number of aromatic nitrogens is 2. The number of H-pyrrole nitrogens is 1. The summed E-state index contributed by atoms with van der Waals surface area (Å²) in [6.45, 7) is -0.510. The van der Waals surface area contributed by atoms with E-state index in [0.717, 1.165) is 4.57 Å². The number of anilines is 1. The molecule has 0 unspecified atom stereocenters. The Balaban J connectivity index is 2.28. The average Bonchev–Trinajstić information content (AvgIpc) is 2.58. The Labute approximate surface area is 141 Å². The first-order valence-corrected chi connectivity index (χ1v) is 6.99. The number of hydrogen-bond donors (Lipinski definition) is 2. The number of carbonyl (C=O) groups is 1. The average molecular weight is 353 g/mol. The van der Waals surface area contributed by atoms with Gasteiger partial charge >= 0.3 is 5.69 Å². The van der Waals surface area contributed by atoms with Crippen molar-refractivity contribution in [2.45, 2.75) is 6.54 Å². The molecule has 0 saturated heterocycles. The zero-order valence-electron chi connectivity index (χ0n) is 13.7. The summed E-state index contributed by atoms with van der Waals surface area (Å²) >= 11 is 0. The lowest BCUT2D eigenvalue weighted by molar-refractivity contribution is -0.116. The molecule has 0 atom stereocenters. The van der Waals surface area contributed by atoms with E-state index in [4.69, 9.17) is 14.2 Å². The van der Waals surface area contributed by atoms with Crippen LogP contribution in [0.25, 0.3) is 0 Å². The number of aromatic amines is 1. The molecule has 10 heteroatoms. The van der Waals surface area contributed by atoms with Gasteiger partial charge in [-0.05, 0) is 12.1 Å². The minimum absolute atomic E-state index is 0.218. The van der Waals surface area contributed by atoms with Crippen molar-refractivity contribution in [1.29, 1.82) is 0 Å². The summed E-state index contributed by atoms with van der Waals surface area (Å²) in [7, 11) is 4.25. The zero-order valence-corrected chi connectivity index (χ0v) is 13.7. The van der Waals surface area contributed by atoms with E-state index >= 15 is 0 Å². The first-order valence-electron chi connectivity index (χ1n) is 6.99. The molecule has 0 aliphatic carbocycles. The van der Waals surface area contributed by atoms with Gasteiger partial charge in [0.1, 0.15) is 6.54 Å². The van der Waals surface area contributed by atoms with Crippen LogP contribution < -0.4 is 30.8 Å². The third-order valence-corrected chi connectivity index (χ3v) is 3.26. The van der Waals surface area contributed by atoms with Crippen LogP contribution in [0.15, 0.2) is 27.9 Å². The highest BCUT2D eigenvalue weighted by atomic mass is 19.1. The quantitative estimate of drug-likeness (QED) is 0.775. The molecule has 0 fully saturated rings. The van der Waals surface area contributed by atoms with Gasteiger partial charge in [-0.25, -0.2) is 4.79 Å². The number of carbonyl (C=O) groups excluding carboxylic acids is 1. The van der Waals surface area contributed by atoms with E-state index in [1.807, 2.05) is 0 Å². The Morgan fingerprint density at radius 1 is 1.16 bits per heavy atom. The lowest BCUT2D eigenvalue weighted by Gasteiger charge is -2.16. The number of hydrogen-bond acceptors (Lipinski definition) is 6. The largest absolute Gasteiger partial charge is 0.493 e. The van der Waals surface area contributed by atoms with Gasteiger partial charge in [-0.1, -0.05) is 0 Å². The lowest BCUT2D eigenvalue weighted by atomic mass is 10.2. The van der Waals surface area contributed by atoms with Crippen molar-refractivity contribution < 1.29 is 23.4 Å². The van der Waals surface area contributed by atoms with Gasteiger partial charge in [-0.15, -0.1) is 0 Å². The van der Waals surface area contributed by atoms with E-state index in [2.05, 4.69) is 5.32 Å². The van der Waals surface area contributed by atoms with Crippen LogP contribution in [0, 0.1) is 5.82 Å². The molecule has 134 valence electrons. The fourth-order valence-corrected chi connectivity index (χ4v) is 2.14. The van der Waals surface area contributed by atoms with Crippen LogP contribution >= 0.6 is 0 Å². The molecule has 1 amide bonds. The van der Waals surface area contributed by atoms with Gasteiger partial charge in [-0.2, -0.15) is 4.39 Å². The second-order valence-corrected chi connectivity index (χ2v) is 4.79. The summed E-state index contributed by atoms with van der Waals surface area (Å²) in [6.07, 6.45) is 0.659. The number of benzene rings is 1. The van der Waals surface area contributed by atoms with Crippen LogP contribution in [0.1, 0.15) is 0 Å². The van der Waals surface area contributed by atoms with Crippen molar-refractivity contribution in [2.75, 3.05) is 26.6 Å². The fourth-order valence-electron chi connectivity index (χ4n) is 2.14. The number of halogens is 1.